The van der Waals surface area contributed by atoms with Crippen molar-refractivity contribution in [3.05, 3.63) is 94.0 Å². The molecule has 2 N–H and O–H groups in total. The number of para-hydroxylation sites is 1. The van der Waals surface area contributed by atoms with Gasteiger partial charge in [0.25, 0.3) is 5.91 Å². The number of carboxylic acid groups (broad SMARTS) is 1. The maximum absolute atomic E-state index is 14.4. The van der Waals surface area contributed by atoms with Crippen LogP contribution in [-0.4, -0.2) is 39.8 Å². The average Bonchev–Trinajstić information content (AvgIpc) is 2.98. The van der Waals surface area contributed by atoms with Gasteiger partial charge in [-0.15, -0.1) is 0 Å². The van der Waals surface area contributed by atoms with Gasteiger partial charge >= 0.3 is 12.1 Å². The van der Waals surface area contributed by atoms with E-state index in [2.05, 4.69) is 21.2 Å². The molecule has 44 heavy (non-hydrogen) atoms. The molecular weight excluding hydrogens is 637 g/mol. The van der Waals surface area contributed by atoms with Crippen LogP contribution < -0.4 is 10.1 Å². The van der Waals surface area contributed by atoms with Gasteiger partial charge in [0.2, 0.25) is 0 Å². The first kappa shape index (κ1) is 30.1. The molecule has 1 amide bonds. The van der Waals surface area contributed by atoms with E-state index in [1.807, 2.05) is 55.5 Å². The summed E-state index contributed by atoms with van der Waals surface area (Å²) in [6.45, 7) is 1.85. The van der Waals surface area contributed by atoms with Crippen molar-refractivity contribution >= 4 is 38.7 Å². The molecule has 1 aromatic heterocycles. The molecule has 3 fully saturated rings. The Bertz CT molecular complexity index is 1750. The number of hydrogen-bond acceptors (Lipinski definition) is 4. The van der Waals surface area contributed by atoms with Crippen LogP contribution in [0.25, 0.3) is 22.2 Å². The van der Waals surface area contributed by atoms with E-state index in [1.54, 1.807) is 6.07 Å². The van der Waals surface area contributed by atoms with E-state index >= 15 is 0 Å². The zero-order valence-corrected chi connectivity index (χ0v) is 25.5. The van der Waals surface area contributed by atoms with Crippen molar-refractivity contribution in [2.75, 3.05) is 0 Å². The second-order valence-corrected chi connectivity index (χ2v) is 12.8. The van der Waals surface area contributed by atoms with Gasteiger partial charge < -0.3 is 15.2 Å². The molecule has 10 heteroatoms. The molecule has 6 nitrogen and oxygen atoms in total. The third-order valence-electron chi connectivity index (χ3n) is 9.21. The Balaban J connectivity index is 1.42. The van der Waals surface area contributed by atoms with Crippen molar-refractivity contribution < 1.29 is 32.6 Å². The predicted molar refractivity (Wildman–Crippen MR) is 164 cm³/mol. The first-order chi connectivity index (χ1) is 20.9. The number of nitrogens with zero attached hydrogens (tertiary/aromatic N) is 1. The fourth-order valence-corrected chi connectivity index (χ4v) is 7.20. The van der Waals surface area contributed by atoms with Crippen molar-refractivity contribution in [1.29, 1.82) is 0 Å². The number of pyridine rings is 1. The molecule has 7 rings (SSSR count). The van der Waals surface area contributed by atoms with E-state index < -0.39 is 35.6 Å². The minimum atomic E-state index is -4.45. The van der Waals surface area contributed by atoms with Gasteiger partial charge in [-0.1, -0.05) is 64.5 Å². The summed E-state index contributed by atoms with van der Waals surface area (Å²) in [6.07, 6.45) is -5.15. The number of aliphatic carboxylic acids is 1. The quantitative estimate of drug-likeness (QED) is 0.208. The van der Waals surface area contributed by atoms with Crippen LogP contribution in [0.5, 0.6) is 5.75 Å². The van der Waals surface area contributed by atoms with Gasteiger partial charge in [-0.2, -0.15) is 13.2 Å². The summed E-state index contributed by atoms with van der Waals surface area (Å²) < 4.78 is 47.3. The van der Waals surface area contributed by atoms with E-state index in [0.29, 0.717) is 53.4 Å². The number of rotatable bonds is 7. The fraction of sp³-hybridized carbons (Fsp3) is 0.324. The zero-order valence-electron chi connectivity index (χ0n) is 23.9. The minimum absolute atomic E-state index is 0.0392. The topological polar surface area (TPSA) is 88.5 Å². The van der Waals surface area contributed by atoms with Gasteiger partial charge in [-0.3, -0.25) is 9.59 Å². The van der Waals surface area contributed by atoms with Gasteiger partial charge in [-0.25, -0.2) is 4.98 Å². The number of ether oxygens (including phenoxy) is 1. The van der Waals surface area contributed by atoms with Crippen LogP contribution >= 0.6 is 15.9 Å². The Morgan fingerprint density at radius 3 is 2.39 bits per heavy atom. The Hall–Kier alpha value is -3.92. The molecule has 228 valence electrons. The van der Waals surface area contributed by atoms with Crippen LogP contribution in [0.2, 0.25) is 0 Å². The van der Waals surface area contributed by atoms with Gasteiger partial charge in [-0.05, 0) is 62.4 Å². The lowest BCUT2D eigenvalue weighted by Gasteiger charge is -2.55. The molecule has 0 spiro atoms. The lowest BCUT2D eigenvalue weighted by molar-refractivity contribution is -0.163. The average molecular weight is 668 g/mol. The molecular formula is C34H30BrF3N2O4. The maximum atomic E-state index is 14.4. The lowest BCUT2D eigenvalue weighted by atomic mass is 9.55. The number of aromatic nitrogens is 1. The molecule has 3 saturated carbocycles. The molecule has 1 heterocycles. The highest BCUT2D eigenvalue weighted by Gasteiger charge is 2.60. The monoisotopic (exact) mass is 666 g/mol. The van der Waals surface area contributed by atoms with Crippen molar-refractivity contribution in [2.45, 2.75) is 63.3 Å². The summed E-state index contributed by atoms with van der Waals surface area (Å²) in [6, 6.07) is 21.0. The van der Waals surface area contributed by atoms with E-state index in [1.165, 1.54) is 18.2 Å². The van der Waals surface area contributed by atoms with Crippen LogP contribution in [0.4, 0.5) is 13.2 Å². The minimum Gasteiger partial charge on any atom is -0.488 e. The SMILES string of the molecule is Cc1c(-c2ccccc2)nc2ccc(Br)cc2c1C(=O)NC12CCC(C(=O)O)(CC1)C[C@@H]2Oc1ccccc1CC(F)(F)F. The van der Waals surface area contributed by atoms with Crippen LogP contribution in [0.3, 0.4) is 0 Å². The van der Waals surface area contributed by atoms with E-state index in [-0.39, 0.29) is 23.6 Å². The molecule has 3 aliphatic carbocycles. The molecule has 3 aromatic carbocycles. The van der Waals surface area contributed by atoms with Crippen molar-refractivity contribution in [2.24, 2.45) is 5.41 Å². The summed E-state index contributed by atoms with van der Waals surface area (Å²) in [5, 5.41) is 14.0. The Morgan fingerprint density at radius 1 is 1.02 bits per heavy atom. The molecule has 0 aliphatic heterocycles. The number of nitrogens with one attached hydrogen (secondary N) is 1. The molecule has 0 radical (unpaired) electrons. The highest BCUT2D eigenvalue weighted by atomic mass is 79.9. The normalized spacial score (nSPS) is 23.0. The Morgan fingerprint density at radius 2 is 1.70 bits per heavy atom. The molecule has 3 aliphatic rings. The fourth-order valence-electron chi connectivity index (χ4n) is 6.84. The second-order valence-electron chi connectivity index (χ2n) is 11.9. The van der Waals surface area contributed by atoms with E-state index in [9.17, 15) is 27.9 Å². The van der Waals surface area contributed by atoms with Gasteiger partial charge in [0, 0.05) is 27.4 Å². The van der Waals surface area contributed by atoms with Gasteiger partial charge in [0.1, 0.15) is 11.9 Å². The standard InChI is InChI=1S/C34H30BrF3N2O4/c1-20-28(24-17-23(35)11-12-25(24)39-29(20)21-7-3-2-4-8-21)30(41)40-33-15-13-32(14-16-33,31(42)43)19-27(33)44-26-10-6-5-9-22(26)18-34(36,37)38/h2-12,17,27H,13-16,18-19H2,1H3,(H,40,41)(H,42,43)/t27-,32?,33?/m0/s1. The van der Waals surface area contributed by atoms with Crippen LogP contribution in [0.1, 0.15) is 53.6 Å². The first-order valence-corrected chi connectivity index (χ1v) is 15.2. The number of hydrogen-bond donors (Lipinski definition) is 2. The molecule has 0 unspecified atom stereocenters. The zero-order chi connectivity index (χ0) is 31.3. The highest BCUT2D eigenvalue weighted by molar-refractivity contribution is 9.10. The summed E-state index contributed by atoms with van der Waals surface area (Å²) in [5.74, 6) is -1.29. The second kappa shape index (κ2) is 11.2. The van der Waals surface area contributed by atoms with Crippen molar-refractivity contribution in [3.63, 3.8) is 0 Å². The Kier molecular flexibility index (Phi) is 7.68. The highest BCUT2D eigenvalue weighted by Crippen LogP contribution is 2.54. The third kappa shape index (κ3) is 5.56. The number of carboxylic acids is 1. The van der Waals surface area contributed by atoms with Gasteiger partial charge in [0.05, 0.1) is 34.1 Å². The smallest absolute Gasteiger partial charge is 0.393 e. The largest absolute Gasteiger partial charge is 0.488 e. The third-order valence-corrected chi connectivity index (χ3v) is 9.70. The number of alkyl halides is 3. The number of carbonyl (C=O) groups excluding carboxylic acids is 1. The van der Waals surface area contributed by atoms with Crippen LogP contribution in [0, 0.1) is 12.3 Å². The van der Waals surface area contributed by atoms with E-state index in [0.717, 1.165) is 10.0 Å². The lowest BCUT2D eigenvalue weighted by Crippen LogP contribution is -2.67. The number of carbonyl (C=O) groups is 2. The van der Waals surface area contributed by atoms with Crippen molar-refractivity contribution in [1.82, 2.24) is 10.3 Å². The summed E-state index contributed by atoms with van der Waals surface area (Å²) in [5.41, 5.74) is 1.16. The molecule has 1 atom stereocenters. The molecule has 2 bridgehead atoms. The van der Waals surface area contributed by atoms with E-state index in [4.69, 9.17) is 9.72 Å². The summed E-state index contributed by atoms with van der Waals surface area (Å²) in [7, 11) is 0. The maximum Gasteiger partial charge on any atom is 0.393 e. The first-order valence-electron chi connectivity index (χ1n) is 14.4. The summed E-state index contributed by atoms with van der Waals surface area (Å²) >= 11 is 3.51. The Labute approximate surface area is 260 Å². The predicted octanol–water partition coefficient (Wildman–Crippen LogP) is 8.04. The molecule has 0 saturated heterocycles. The molecule has 4 aromatic rings. The number of amides is 1. The summed E-state index contributed by atoms with van der Waals surface area (Å²) in [4.78, 5) is 31.7. The van der Waals surface area contributed by atoms with Crippen LogP contribution in [0.15, 0.2) is 77.3 Å². The van der Waals surface area contributed by atoms with Crippen LogP contribution in [-0.2, 0) is 11.2 Å². The van der Waals surface area contributed by atoms with Gasteiger partial charge in [0.15, 0.2) is 0 Å². The number of fused-ring (bicyclic) bond motifs is 4. The number of benzene rings is 3. The van der Waals surface area contributed by atoms with Crippen molar-refractivity contribution in [3.8, 4) is 17.0 Å². The number of halogens is 4.